The summed E-state index contributed by atoms with van der Waals surface area (Å²) >= 11 is 0. The third-order valence-corrected chi connectivity index (χ3v) is 3.37. The number of benzene rings is 1. The van der Waals surface area contributed by atoms with Crippen LogP contribution in [0.1, 0.15) is 36.1 Å². The second kappa shape index (κ2) is 5.65. The van der Waals surface area contributed by atoms with Crippen molar-refractivity contribution in [3.8, 4) is 0 Å². The Balaban J connectivity index is 2.61. The Morgan fingerprint density at radius 2 is 1.65 bits per heavy atom. The molecule has 96 valence electrons. The molecule has 0 aliphatic heterocycles. The summed E-state index contributed by atoms with van der Waals surface area (Å²) in [5.74, 6) is 0. The van der Waals surface area contributed by atoms with Gasteiger partial charge >= 0.3 is 0 Å². The Morgan fingerprint density at radius 1 is 1.06 bits per heavy atom. The van der Waals surface area contributed by atoms with Gasteiger partial charge < -0.3 is 10.1 Å². The molecule has 0 bridgehead atoms. The van der Waals surface area contributed by atoms with Gasteiger partial charge in [-0.15, -0.1) is 0 Å². The minimum absolute atomic E-state index is 0.104. The molecule has 0 fully saturated rings. The molecular formula is C15H25NO. The van der Waals surface area contributed by atoms with E-state index < -0.39 is 0 Å². The van der Waals surface area contributed by atoms with Crippen LogP contribution in [0.25, 0.3) is 0 Å². The lowest BCUT2D eigenvalue weighted by Gasteiger charge is -2.23. The molecule has 0 amide bonds. The number of rotatable bonds is 5. The van der Waals surface area contributed by atoms with Crippen molar-refractivity contribution in [2.75, 3.05) is 13.7 Å². The van der Waals surface area contributed by atoms with Crippen molar-refractivity contribution in [1.82, 2.24) is 5.32 Å². The fraction of sp³-hybridized carbons (Fsp3) is 0.600. The van der Waals surface area contributed by atoms with Crippen LogP contribution in [-0.4, -0.2) is 19.3 Å². The van der Waals surface area contributed by atoms with Gasteiger partial charge in [-0.2, -0.15) is 0 Å². The molecule has 0 atom stereocenters. The lowest BCUT2D eigenvalue weighted by molar-refractivity contribution is 0.0230. The number of methoxy groups -OCH3 is 1. The highest BCUT2D eigenvalue weighted by Crippen LogP contribution is 2.15. The van der Waals surface area contributed by atoms with Gasteiger partial charge in [-0.3, -0.25) is 0 Å². The van der Waals surface area contributed by atoms with E-state index in [1.54, 1.807) is 7.11 Å². The van der Waals surface area contributed by atoms with Crippen LogP contribution in [0, 0.1) is 20.8 Å². The molecular weight excluding hydrogens is 210 g/mol. The summed E-state index contributed by atoms with van der Waals surface area (Å²) in [7, 11) is 1.75. The van der Waals surface area contributed by atoms with Crippen molar-refractivity contribution >= 4 is 0 Å². The average molecular weight is 235 g/mol. The summed E-state index contributed by atoms with van der Waals surface area (Å²) in [4.78, 5) is 0. The average Bonchev–Trinajstić information content (AvgIpc) is 2.25. The monoisotopic (exact) mass is 235 g/mol. The van der Waals surface area contributed by atoms with Crippen molar-refractivity contribution in [3.05, 3.63) is 34.4 Å². The predicted octanol–water partition coefficient (Wildman–Crippen LogP) is 3.13. The van der Waals surface area contributed by atoms with E-state index in [2.05, 4.69) is 52.1 Å². The zero-order valence-electron chi connectivity index (χ0n) is 12.0. The van der Waals surface area contributed by atoms with Crippen LogP contribution < -0.4 is 5.32 Å². The van der Waals surface area contributed by atoms with Gasteiger partial charge in [-0.05, 0) is 56.9 Å². The summed E-state index contributed by atoms with van der Waals surface area (Å²) in [6, 6.07) is 4.53. The molecule has 17 heavy (non-hydrogen) atoms. The van der Waals surface area contributed by atoms with E-state index in [0.29, 0.717) is 0 Å². The molecule has 2 nitrogen and oxygen atoms in total. The molecule has 0 unspecified atom stereocenters. The van der Waals surface area contributed by atoms with Crippen molar-refractivity contribution < 1.29 is 4.74 Å². The Morgan fingerprint density at radius 3 is 2.24 bits per heavy atom. The molecule has 0 aliphatic carbocycles. The van der Waals surface area contributed by atoms with Gasteiger partial charge in [-0.1, -0.05) is 12.1 Å². The van der Waals surface area contributed by atoms with Gasteiger partial charge in [0.1, 0.15) is 0 Å². The molecule has 0 saturated carbocycles. The van der Waals surface area contributed by atoms with E-state index in [4.69, 9.17) is 4.74 Å². The molecule has 1 aromatic rings. The molecule has 0 aliphatic rings. The Labute approximate surface area is 105 Å². The van der Waals surface area contributed by atoms with Gasteiger partial charge in [0, 0.05) is 20.2 Å². The number of hydrogen-bond donors (Lipinski definition) is 1. The van der Waals surface area contributed by atoms with Crippen molar-refractivity contribution in [2.45, 2.75) is 46.8 Å². The summed E-state index contributed by atoms with van der Waals surface area (Å²) in [5.41, 5.74) is 5.35. The van der Waals surface area contributed by atoms with Gasteiger partial charge in [0.15, 0.2) is 0 Å². The van der Waals surface area contributed by atoms with Gasteiger partial charge in [0.25, 0.3) is 0 Å². The zero-order chi connectivity index (χ0) is 13.1. The van der Waals surface area contributed by atoms with E-state index in [1.165, 1.54) is 22.3 Å². The van der Waals surface area contributed by atoms with Crippen LogP contribution >= 0.6 is 0 Å². The maximum atomic E-state index is 5.39. The fourth-order valence-corrected chi connectivity index (χ4v) is 1.78. The smallest absolute Gasteiger partial charge is 0.0746 e. The molecule has 0 heterocycles. The van der Waals surface area contributed by atoms with Crippen molar-refractivity contribution in [1.29, 1.82) is 0 Å². The third-order valence-electron chi connectivity index (χ3n) is 3.37. The second-order valence-corrected chi connectivity index (χ2v) is 5.43. The van der Waals surface area contributed by atoms with Crippen molar-refractivity contribution in [2.24, 2.45) is 0 Å². The van der Waals surface area contributed by atoms with Gasteiger partial charge in [-0.25, -0.2) is 0 Å². The van der Waals surface area contributed by atoms with Crippen LogP contribution in [0.5, 0.6) is 0 Å². The highest BCUT2D eigenvalue weighted by Gasteiger charge is 2.15. The van der Waals surface area contributed by atoms with E-state index in [0.717, 1.165) is 13.1 Å². The number of ether oxygens (including phenoxy) is 1. The van der Waals surface area contributed by atoms with Gasteiger partial charge in [0.05, 0.1) is 5.60 Å². The second-order valence-electron chi connectivity index (χ2n) is 5.43. The highest BCUT2D eigenvalue weighted by atomic mass is 16.5. The lowest BCUT2D eigenvalue weighted by atomic mass is 10.0. The normalized spacial score (nSPS) is 11.9. The maximum Gasteiger partial charge on any atom is 0.0746 e. The number of aryl methyl sites for hydroxylation is 3. The van der Waals surface area contributed by atoms with Crippen LogP contribution in [0.15, 0.2) is 12.1 Å². The maximum absolute atomic E-state index is 5.39. The molecule has 0 saturated heterocycles. The first kappa shape index (κ1) is 14.2. The first-order valence-corrected chi connectivity index (χ1v) is 6.18. The predicted molar refractivity (Wildman–Crippen MR) is 73.4 cm³/mol. The van der Waals surface area contributed by atoms with Crippen LogP contribution in [-0.2, 0) is 11.3 Å². The standard InChI is InChI=1S/C15H25NO/c1-11-7-13(3)14(8-12(11)2)9-16-10-15(4,5)17-6/h7-8,16H,9-10H2,1-6H3. The largest absolute Gasteiger partial charge is 0.377 e. The number of nitrogens with one attached hydrogen (secondary N) is 1. The lowest BCUT2D eigenvalue weighted by Crippen LogP contribution is -2.36. The van der Waals surface area contributed by atoms with Crippen LogP contribution in [0.4, 0.5) is 0 Å². The molecule has 2 heteroatoms. The summed E-state index contributed by atoms with van der Waals surface area (Å²) in [6.45, 7) is 12.4. The molecule has 0 spiro atoms. The van der Waals surface area contributed by atoms with E-state index in [-0.39, 0.29) is 5.60 Å². The molecule has 1 rings (SSSR count). The van der Waals surface area contributed by atoms with Gasteiger partial charge in [0.2, 0.25) is 0 Å². The highest BCUT2D eigenvalue weighted by molar-refractivity contribution is 5.36. The SMILES string of the molecule is COC(C)(C)CNCc1cc(C)c(C)cc1C. The first-order chi connectivity index (χ1) is 7.85. The fourth-order valence-electron chi connectivity index (χ4n) is 1.78. The Bertz CT molecular complexity index is 383. The van der Waals surface area contributed by atoms with E-state index in [9.17, 15) is 0 Å². The molecule has 0 radical (unpaired) electrons. The van der Waals surface area contributed by atoms with Crippen LogP contribution in [0.2, 0.25) is 0 Å². The summed E-state index contributed by atoms with van der Waals surface area (Å²) < 4.78 is 5.39. The molecule has 1 N–H and O–H groups in total. The summed E-state index contributed by atoms with van der Waals surface area (Å²) in [5, 5.41) is 3.46. The summed E-state index contributed by atoms with van der Waals surface area (Å²) in [6.07, 6.45) is 0. The quantitative estimate of drug-likeness (QED) is 0.846. The minimum Gasteiger partial charge on any atom is -0.377 e. The molecule has 0 aromatic heterocycles. The molecule has 1 aromatic carbocycles. The van der Waals surface area contributed by atoms with Crippen molar-refractivity contribution in [3.63, 3.8) is 0 Å². The topological polar surface area (TPSA) is 21.3 Å². The number of hydrogen-bond acceptors (Lipinski definition) is 2. The van der Waals surface area contributed by atoms with E-state index in [1.807, 2.05) is 0 Å². The Hall–Kier alpha value is -0.860. The first-order valence-electron chi connectivity index (χ1n) is 6.18. The zero-order valence-corrected chi connectivity index (χ0v) is 12.0. The minimum atomic E-state index is -0.104. The Kier molecular flexibility index (Phi) is 4.72. The van der Waals surface area contributed by atoms with Crippen LogP contribution in [0.3, 0.4) is 0 Å². The van der Waals surface area contributed by atoms with E-state index >= 15 is 0 Å². The third kappa shape index (κ3) is 4.14.